The summed E-state index contributed by atoms with van der Waals surface area (Å²) in [6.45, 7) is 8.61. The topological polar surface area (TPSA) is 75.9 Å². The highest BCUT2D eigenvalue weighted by Gasteiger charge is 2.17. The van der Waals surface area contributed by atoms with Crippen molar-refractivity contribution in [2.75, 3.05) is 10.6 Å². The highest BCUT2D eigenvalue weighted by Crippen LogP contribution is 2.24. The largest absolute Gasteiger partial charge is 0.367 e. The van der Waals surface area contributed by atoms with Crippen LogP contribution in [0, 0.1) is 27.7 Å². The number of nitrogens with zero attached hydrogens (tertiary/aromatic N) is 3. The summed E-state index contributed by atoms with van der Waals surface area (Å²) < 4.78 is 5.21. The lowest BCUT2D eigenvalue weighted by molar-refractivity contribution is 0.392. The molecule has 6 nitrogen and oxygen atoms in total. The van der Waals surface area contributed by atoms with Gasteiger partial charge in [-0.15, -0.1) is 0 Å². The maximum atomic E-state index is 5.21. The van der Waals surface area contributed by atoms with Gasteiger partial charge < -0.3 is 15.2 Å². The molecule has 0 radical (unpaired) electrons. The molecule has 1 saturated carbocycles. The van der Waals surface area contributed by atoms with E-state index in [0.29, 0.717) is 18.5 Å². The molecule has 2 heterocycles. The first-order valence-corrected chi connectivity index (χ1v) is 8.82. The van der Waals surface area contributed by atoms with Gasteiger partial charge in [-0.05, 0) is 40.5 Å². The maximum absolute atomic E-state index is 5.21. The molecule has 0 aromatic carbocycles. The van der Waals surface area contributed by atoms with Gasteiger partial charge in [0.05, 0.1) is 5.69 Å². The van der Waals surface area contributed by atoms with Crippen LogP contribution in [-0.2, 0) is 6.54 Å². The minimum absolute atomic E-state index is 0.530. The van der Waals surface area contributed by atoms with Crippen LogP contribution in [0.4, 0.5) is 11.8 Å². The quantitative estimate of drug-likeness (QED) is 0.861. The first kappa shape index (κ1) is 16.7. The molecule has 0 saturated heterocycles. The van der Waals surface area contributed by atoms with Gasteiger partial charge in [-0.1, -0.05) is 24.4 Å². The van der Waals surface area contributed by atoms with Crippen molar-refractivity contribution in [3.05, 3.63) is 28.3 Å². The lowest BCUT2D eigenvalue weighted by Crippen LogP contribution is -2.24. The summed E-state index contributed by atoms with van der Waals surface area (Å²) in [5, 5.41) is 10.9. The molecule has 2 aromatic rings. The van der Waals surface area contributed by atoms with E-state index in [2.05, 4.69) is 27.7 Å². The normalized spacial score (nSPS) is 15.5. The highest BCUT2D eigenvalue weighted by atomic mass is 16.5. The van der Waals surface area contributed by atoms with Crippen molar-refractivity contribution >= 4 is 11.8 Å². The molecule has 0 atom stereocenters. The molecule has 0 aliphatic heterocycles. The van der Waals surface area contributed by atoms with Crippen LogP contribution >= 0.6 is 0 Å². The van der Waals surface area contributed by atoms with E-state index in [1.807, 2.05) is 20.8 Å². The van der Waals surface area contributed by atoms with Crippen molar-refractivity contribution in [1.29, 1.82) is 0 Å². The predicted octanol–water partition coefficient (Wildman–Crippen LogP) is 4.05. The second-order valence-corrected chi connectivity index (χ2v) is 6.74. The van der Waals surface area contributed by atoms with Crippen LogP contribution in [0.25, 0.3) is 0 Å². The van der Waals surface area contributed by atoms with Gasteiger partial charge in [0.2, 0.25) is 5.95 Å². The fraction of sp³-hybridized carbons (Fsp3) is 0.611. The molecular weight excluding hydrogens is 302 g/mol. The summed E-state index contributed by atoms with van der Waals surface area (Å²) >= 11 is 0. The Balaban J connectivity index is 1.73. The highest BCUT2D eigenvalue weighted by molar-refractivity contribution is 5.50. The van der Waals surface area contributed by atoms with Gasteiger partial charge >= 0.3 is 0 Å². The Morgan fingerprint density at radius 2 is 1.75 bits per heavy atom. The van der Waals surface area contributed by atoms with Gasteiger partial charge in [-0.2, -0.15) is 4.98 Å². The van der Waals surface area contributed by atoms with Crippen molar-refractivity contribution in [1.82, 2.24) is 15.1 Å². The Kier molecular flexibility index (Phi) is 5.02. The van der Waals surface area contributed by atoms with Gasteiger partial charge in [0.25, 0.3) is 0 Å². The molecule has 2 aromatic heterocycles. The summed E-state index contributed by atoms with van der Waals surface area (Å²) in [5.74, 6) is 2.44. The van der Waals surface area contributed by atoms with Gasteiger partial charge in [0.15, 0.2) is 0 Å². The zero-order valence-electron chi connectivity index (χ0n) is 15.1. The lowest BCUT2D eigenvalue weighted by Gasteiger charge is -2.24. The molecule has 1 aliphatic rings. The van der Waals surface area contributed by atoms with Crippen LogP contribution in [0.2, 0.25) is 0 Å². The van der Waals surface area contributed by atoms with E-state index < -0.39 is 0 Å². The first-order chi connectivity index (χ1) is 11.5. The van der Waals surface area contributed by atoms with Crippen molar-refractivity contribution in [3.8, 4) is 0 Å². The van der Waals surface area contributed by atoms with Crippen LogP contribution in [0.1, 0.15) is 60.4 Å². The lowest BCUT2D eigenvalue weighted by atomic mass is 9.95. The maximum Gasteiger partial charge on any atom is 0.225 e. The Morgan fingerprint density at radius 3 is 2.42 bits per heavy atom. The number of aryl methyl sites for hydroxylation is 3. The number of aromatic nitrogens is 3. The summed E-state index contributed by atoms with van der Waals surface area (Å²) in [7, 11) is 0. The predicted molar refractivity (Wildman–Crippen MR) is 95.3 cm³/mol. The molecule has 3 rings (SSSR count). The average Bonchev–Trinajstić information content (AvgIpc) is 2.89. The van der Waals surface area contributed by atoms with Gasteiger partial charge in [-0.3, -0.25) is 0 Å². The Hall–Kier alpha value is -2.11. The average molecular weight is 329 g/mol. The summed E-state index contributed by atoms with van der Waals surface area (Å²) in [6.07, 6.45) is 6.41. The van der Waals surface area contributed by atoms with Crippen LogP contribution in [0.5, 0.6) is 0 Å². The zero-order chi connectivity index (χ0) is 17.1. The van der Waals surface area contributed by atoms with E-state index in [1.165, 1.54) is 32.1 Å². The van der Waals surface area contributed by atoms with Gasteiger partial charge in [0.1, 0.15) is 11.6 Å². The second kappa shape index (κ2) is 7.20. The Bertz CT molecular complexity index is 684. The van der Waals surface area contributed by atoms with Crippen LogP contribution < -0.4 is 10.6 Å². The van der Waals surface area contributed by atoms with E-state index in [1.54, 1.807) is 0 Å². The fourth-order valence-electron chi connectivity index (χ4n) is 3.21. The summed E-state index contributed by atoms with van der Waals surface area (Å²) in [6, 6.07) is 0.530. The van der Waals surface area contributed by atoms with Crippen LogP contribution in [0.3, 0.4) is 0 Å². The fourth-order valence-corrected chi connectivity index (χ4v) is 3.21. The summed E-state index contributed by atoms with van der Waals surface area (Å²) in [5.41, 5.74) is 4.11. The van der Waals surface area contributed by atoms with Gasteiger partial charge in [0, 0.05) is 29.4 Å². The molecule has 0 unspecified atom stereocenters. The second-order valence-electron chi connectivity index (χ2n) is 6.74. The van der Waals surface area contributed by atoms with E-state index >= 15 is 0 Å². The molecule has 1 aliphatic carbocycles. The number of nitrogens with one attached hydrogen (secondary N) is 2. The smallest absolute Gasteiger partial charge is 0.225 e. The molecule has 2 N–H and O–H groups in total. The molecule has 6 heteroatoms. The van der Waals surface area contributed by atoms with E-state index in [9.17, 15) is 0 Å². The number of rotatable bonds is 5. The third-order valence-electron chi connectivity index (χ3n) is 4.94. The molecule has 24 heavy (non-hydrogen) atoms. The van der Waals surface area contributed by atoms with E-state index in [-0.39, 0.29) is 0 Å². The molecule has 0 amide bonds. The van der Waals surface area contributed by atoms with Crippen molar-refractivity contribution in [2.45, 2.75) is 72.4 Å². The SMILES string of the molecule is Cc1nc(NCc2c(C)noc2C)nc(NC2CCCCC2)c1C. The third-order valence-corrected chi connectivity index (χ3v) is 4.94. The number of hydrogen-bond donors (Lipinski definition) is 2. The van der Waals surface area contributed by atoms with Crippen LogP contribution in [0.15, 0.2) is 4.52 Å². The molecule has 1 fully saturated rings. The molecular formula is C18H27N5O. The Morgan fingerprint density at radius 1 is 1.00 bits per heavy atom. The zero-order valence-corrected chi connectivity index (χ0v) is 15.1. The van der Waals surface area contributed by atoms with Crippen molar-refractivity contribution < 1.29 is 4.52 Å². The third kappa shape index (κ3) is 3.68. The van der Waals surface area contributed by atoms with E-state index in [0.717, 1.165) is 34.1 Å². The molecule has 130 valence electrons. The van der Waals surface area contributed by atoms with Gasteiger partial charge in [-0.25, -0.2) is 4.98 Å². The van der Waals surface area contributed by atoms with Crippen molar-refractivity contribution in [3.63, 3.8) is 0 Å². The minimum atomic E-state index is 0.530. The monoisotopic (exact) mass is 329 g/mol. The number of hydrogen-bond acceptors (Lipinski definition) is 6. The molecule has 0 spiro atoms. The number of anilines is 2. The van der Waals surface area contributed by atoms with E-state index in [4.69, 9.17) is 9.51 Å². The first-order valence-electron chi connectivity index (χ1n) is 8.82. The summed E-state index contributed by atoms with van der Waals surface area (Å²) in [4.78, 5) is 9.27. The molecule has 0 bridgehead atoms. The van der Waals surface area contributed by atoms with Crippen molar-refractivity contribution in [2.24, 2.45) is 0 Å². The van der Waals surface area contributed by atoms with Crippen LogP contribution in [-0.4, -0.2) is 21.2 Å². The Labute approximate surface area is 143 Å². The standard InChI is InChI=1S/C18H27N5O/c1-11-12(2)20-18(19-10-16-13(3)23-24-14(16)4)22-17(11)21-15-8-6-5-7-9-15/h15H,5-10H2,1-4H3,(H2,19,20,21,22). The minimum Gasteiger partial charge on any atom is -0.367 e.